The van der Waals surface area contributed by atoms with Crippen LogP contribution >= 0.6 is 0 Å². The fourth-order valence-corrected chi connectivity index (χ4v) is 2.34. The summed E-state index contributed by atoms with van der Waals surface area (Å²) in [5.74, 6) is 0.716. The molecule has 0 saturated carbocycles. The van der Waals surface area contributed by atoms with E-state index in [0.717, 1.165) is 24.2 Å². The first-order chi connectivity index (χ1) is 9.42. The van der Waals surface area contributed by atoms with E-state index >= 15 is 0 Å². The maximum atomic E-state index is 4.40. The van der Waals surface area contributed by atoms with Crippen molar-refractivity contribution in [1.82, 2.24) is 15.3 Å². The van der Waals surface area contributed by atoms with Crippen molar-refractivity contribution in [3.63, 3.8) is 0 Å². The number of hydrogen-bond acceptors (Lipinski definition) is 4. The van der Waals surface area contributed by atoms with Gasteiger partial charge in [-0.1, -0.05) is 30.3 Å². The second-order valence-corrected chi connectivity index (χ2v) is 4.85. The standard InChI is InChI=1S/C15H18N4/c1-2-5-12(6-3-1)13-9-17-15(18-10-13)19-14-7-4-8-16-11-14/h1-3,5-6,9-10,14,16H,4,7-8,11H2,(H,17,18,19). The molecule has 1 atom stereocenters. The molecule has 1 aliphatic heterocycles. The van der Waals surface area contributed by atoms with Crippen LogP contribution in [-0.4, -0.2) is 29.1 Å². The molecule has 4 nitrogen and oxygen atoms in total. The average molecular weight is 254 g/mol. The molecule has 98 valence electrons. The Morgan fingerprint density at radius 2 is 1.84 bits per heavy atom. The van der Waals surface area contributed by atoms with E-state index in [9.17, 15) is 0 Å². The van der Waals surface area contributed by atoms with E-state index in [1.165, 1.54) is 12.8 Å². The number of aromatic nitrogens is 2. The molecule has 1 unspecified atom stereocenters. The van der Waals surface area contributed by atoms with Crippen molar-refractivity contribution in [2.75, 3.05) is 18.4 Å². The van der Waals surface area contributed by atoms with Gasteiger partial charge in [0.05, 0.1) is 0 Å². The summed E-state index contributed by atoms with van der Waals surface area (Å²) in [7, 11) is 0. The minimum atomic E-state index is 0.441. The Labute approximate surface area is 113 Å². The highest BCUT2D eigenvalue weighted by molar-refractivity contribution is 5.61. The predicted octanol–water partition coefficient (Wildman–Crippen LogP) is 2.31. The van der Waals surface area contributed by atoms with Crippen LogP contribution in [0.2, 0.25) is 0 Å². The molecular formula is C15H18N4. The number of hydrogen-bond donors (Lipinski definition) is 2. The Kier molecular flexibility index (Phi) is 3.70. The number of nitrogens with zero attached hydrogens (tertiary/aromatic N) is 2. The number of piperidine rings is 1. The van der Waals surface area contributed by atoms with Crippen LogP contribution in [0.25, 0.3) is 11.1 Å². The molecule has 1 saturated heterocycles. The molecule has 19 heavy (non-hydrogen) atoms. The van der Waals surface area contributed by atoms with Gasteiger partial charge >= 0.3 is 0 Å². The third kappa shape index (κ3) is 3.09. The molecule has 2 aromatic rings. The van der Waals surface area contributed by atoms with Crippen LogP contribution in [0.15, 0.2) is 42.7 Å². The van der Waals surface area contributed by atoms with Crippen molar-refractivity contribution in [2.45, 2.75) is 18.9 Å². The molecule has 0 spiro atoms. The summed E-state index contributed by atoms with van der Waals surface area (Å²) >= 11 is 0. The fraction of sp³-hybridized carbons (Fsp3) is 0.333. The zero-order chi connectivity index (χ0) is 12.9. The maximum Gasteiger partial charge on any atom is 0.222 e. The summed E-state index contributed by atoms with van der Waals surface area (Å²) in [6, 6.07) is 10.6. The highest BCUT2D eigenvalue weighted by atomic mass is 15.1. The van der Waals surface area contributed by atoms with E-state index < -0.39 is 0 Å². The van der Waals surface area contributed by atoms with Crippen molar-refractivity contribution in [3.05, 3.63) is 42.7 Å². The average Bonchev–Trinajstić information content (AvgIpc) is 2.50. The predicted molar refractivity (Wildman–Crippen MR) is 77.0 cm³/mol. The van der Waals surface area contributed by atoms with Gasteiger partial charge in [0.25, 0.3) is 0 Å². The Bertz CT molecular complexity index is 503. The molecule has 3 rings (SSSR count). The molecule has 1 fully saturated rings. The molecule has 1 aliphatic rings. The van der Waals surface area contributed by atoms with Gasteiger partial charge in [-0.05, 0) is 24.9 Å². The van der Waals surface area contributed by atoms with Crippen LogP contribution in [0, 0.1) is 0 Å². The van der Waals surface area contributed by atoms with Gasteiger partial charge in [-0.15, -0.1) is 0 Å². The van der Waals surface area contributed by atoms with E-state index in [1.807, 2.05) is 30.6 Å². The first kappa shape index (κ1) is 12.1. The lowest BCUT2D eigenvalue weighted by atomic mass is 10.1. The summed E-state index contributed by atoms with van der Waals surface area (Å²) in [5.41, 5.74) is 2.20. The molecule has 1 aromatic carbocycles. The highest BCUT2D eigenvalue weighted by Gasteiger charge is 2.13. The van der Waals surface area contributed by atoms with Crippen LogP contribution in [0.1, 0.15) is 12.8 Å². The molecule has 2 N–H and O–H groups in total. The zero-order valence-electron chi connectivity index (χ0n) is 10.8. The van der Waals surface area contributed by atoms with Crippen molar-refractivity contribution in [1.29, 1.82) is 0 Å². The highest BCUT2D eigenvalue weighted by Crippen LogP contribution is 2.17. The minimum Gasteiger partial charge on any atom is -0.350 e. The van der Waals surface area contributed by atoms with Crippen molar-refractivity contribution < 1.29 is 0 Å². The van der Waals surface area contributed by atoms with E-state index in [1.54, 1.807) is 0 Å². The molecule has 2 heterocycles. The van der Waals surface area contributed by atoms with Crippen molar-refractivity contribution in [2.24, 2.45) is 0 Å². The zero-order valence-corrected chi connectivity index (χ0v) is 10.8. The van der Waals surface area contributed by atoms with Gasteiger partial charge in [0.15, 0.2) is 0 Å². The van der Waals surface area contributed by atoms with Gasteiger partial charge in [-0.3, -0.25) is 0 Å². The minimum absolute atomic E-state index is 0.441. The molecule has 0 aliphatic carbocycles. The molecule has 4 heteroatoms. The maximum absolute atomic E-state index is 4.40. The van der Waals surface area contributed by atoms with Crippen LogP contribution in [0.5, 0.6) is 0 Å². The number of rotatable bonds is 3. The van der Waals surface area contributed by atoms with Gasteiger partial charge < -0.3 is 10.6 Å². The normalized spacial score (nSPS) is 19.1. The summed E-state index contributed by atoms with van der Waals surface area (Å²) < 4.78 is 0. The van der Waals surface area contributed by atoms with Crippen LogP contribution in [0.3, 0.4) is 0 Å². The van der Waals surface area contributed by atoms with Crippen LogP contribution < -0.4 is 10.6 Å². The first-order valence-corrected chi connectivity index (χ1v) is 6.76. The Morgan fingerprint density at radius 3 is 2.53 bits per heavy atom. The van der Waals surface area contributed by atoms with E-state index in [0.29, 0.717) is 12.0 Å². The smallest absolute Gasteiger partial charge is 0.222 e. The third-order valence-corrected chi connectivity index (χ3v) is 3.39. The molecule has 0 amide bonds. The SMILES string of the molecule is c1ccc(-c2cnc(NC3CCCNC3)nc2)cc1. The first-order valence-electron chi connectivity index (χ1n) is 6.76. The lowest BCUT2D eigenvalue weighted by Crippen LogP contribution is -2.38. The van der Waals surface area contributed by atoms with Gasteiger partial charge in [0.2, 0.25) is 5.95 Å². The third-order valence-electron chi connectivity index (χ3n) is 3.39. The summed E-state index contributed by atoms with van der Waals surface area (Å²) in [4.78, 5) is 8.80. The van der Waals surface area contributed by atoms with Gasteiger partial charge in [-0.2, -0.15) is 0 Å². The largest absolute Gasteiger partial charge is 0.350 e. The topological polar surface area (TPSA) is 49.8 Å². The van der Waals surface area contributed by atoms with Gasteiger partial charge in [0.1, 0.15) is 0 Å². The second kappa shape index (κ2) is 5.80. The summed E-state index contributed by atoms with van der Waals surface area (Å²) in [6.07, 6.45) is 6.14. The van der Waals surface area contributed by atoms with E-state index in [4.69, 9.17) is 0 Å². The van der Waals surface area contributed by atoms with E-state index in [-0.39, 0.29) is 0 Å². The number of nitrogens with one attached hydrogen (secondary N) is 2. The van der Waals surface area contributed by atoms with Crippen LogP contribution in [0.4, 0.5) is 5.95 Å². The molecule has 0 radical (unpaired) electrons. The Hall–Kier alpha value is -1.94. The fourth-order valence-electron chi connectivity index (χ4n) is 2.34. The molecule has 0 bridgehead atoms. The quantitative estimate of drug-likeness (QED) is 0.882. The lowest BCUT2D eigenvalue weighted by molar-refractivity contribution is 0.478. The number of benzene rings is 1. The lowest BCUT2D eigenvalue weighted by Gasteiger charge is -2.23. The Balaban J connectivity index is 1.68. The van der Waals surface area contributed by atoms with Gasteiger partial charge in [-0.25, -0.2) is 9.97 Å². The molecule has 1 aromatic heterocycles. The van der Waals surface area contributed by atoms with E-state index in [2.05, 4.69) is 32.7 Å². The summed E-state index contributed by atoms with van der Waals surface area (Å²) in [6.45, 7) is 2.11. The second-order valence-electron chi connectivity index (χ2n) is 4.85. The monoisotopic (exact) mass is 254 g/mol. The Morgan fingerprint density at radius 1 is 1.05 bits per heavy atom. The number of anilines is 1. The van der Waals surface area contributed by atoms with Crippen LogP contribution in [-0.2, 0) is 0 Å². The van der Waals surface area contributed by atoms with Crippen molar-refractivity contribution >= 4 is 5.95 Å². The molecular weight excluding hydrogens is 236 g/mol. The van der Waals surface area contributed by atoms with Crippen molar-refractivity contribution in [3.8, 4) is 11.1 Å². The summed E-state index contributed by atoms with van der Waals surface area (Å²) in [5, 5.41) is 6.75. The van der Waals surface area contributed by atoms with Gasteiger partial charge in [0, 0.05) is 30.5 Å².